The lowest BCUT2D eigenvalue weighted by atomic mass is 10.1. The fraction of sp³-hybridized carbons (Fsp3) is 0.136. The summed E-state index contributed by atoms with van der Waals surface area (Å²) in [4.78, 5) is 15.1. The van der Waals surface area contributed by atoms with Crippen LogP contribution in [0.2, 0.25) is 0 Å². The molecule has 0 atom stereocenters. The fourth-order valence-corrected chi connectivity index (χ4v) is 3.51. The van der Waals surface area contributed by atoms with E-state index in [0.29, 0.717) is 18.7 Å². The number of anilines is 1. The van der Waals surface area contributed by atoms with Crippen LogP contribution in [0, 0.1) is 0 Å². The molecule has 1 N–H and O–H groups in total. The molecule has 144 valence electrons. The molecule has 5 nitrogen and oxygen atoms in total. The second-order valence-corrected chi connectivity index (χ2v) is 8.30. The van der Waals surface area contributed by atoms with Gasteiger partial charge in [0, 0.05) is 13.1 Å². The first-order valence-electron chi connectivity index (χ1n) is 8.86. The second kappa shape index (κ2) is 8.71. The van der Waals surface area contributed by atoms with Crippen molar-refractivity contribution in [3.05, 3.63) is 102 Å². The van der Waals surface area contributed by atoms with Crippen molar-refractivity contribution >= 4 is 21.6 Å². The van der Waals surface area contributed by atoms with E-state index < -0.39 is 10.0 Å². The van der Waals surface area contributed by atoms with E-state index >= 15 is 0 Å². The number of rotatable bonds is 7. The van der Waals surface area contributed by atoms with Crippen molar-refractivity contribution < 1.29 is 13.2 Å². The molecule has 0 radical (unpaired) electrons. The van der Waals surface area contributed by atoms with Gasteiger partial charge in [-0.05, 0) is 23.3 Å². The highest BCUT2D eigenvalue weighted by atomic mass is 32.2. The number of carbonyl (C=O) groups excluding carboxylic acids is 1. The number of sulfonamides is 1. The van der Waals surface area contributed by atoms with Gasteiger partial charge in [-0.1, -0.05) is 72.8 Å². The van der Waals surface area contributed by atoms with Crippen molar-refractivity contribution in [2.45, 2.75) is 13.1 Å². The van der Waals surface area contributed by atoms with Crippen LogP contribution in [0.15, 0.2) is 84.9 Å². The Morgan fingerprint density at radius 2 is 1.25 bits per heavy atom. The summed E-state index contributed by atoms with van der Waals surface area (Å²) < 4.78 is 25.8. The largest absolute Gasteiger partial charge is 0.330 e. The highest BCUT2D eigenvalue weighted by Gasteiger charge is 2.20. The van der Waals surface area contributed by atoms with Gasteiger partial charge in [-0.3, -0.25) is 9.52 Å². The Hall–Kier alpha value is -3.12. The molecule has 3 aromatic rings. The Kier molecular flexibility index (Phi) is 6.11. The second-order valence-electron chi connectivity index (χ2n) is 6.55. The van der Waals surface area contributed by atoms with Crippen LogP contribution in [0.3, 0.4) is 0 Å². The average Bonchev–Trinajstić information content (AvgIpc) is 2.68. The van der Waals surface area contributed by atoms with Gasteiger partial charge in [0.25, 0.3) is 5.91 Å². The van der Waals surface area contributed by atoms with Crippen LogP contribution in [0.25, 0.3) is 0 Å². The normalized spacial score (nSPS) is 11.0. The standard InChI is InChI=1S/C22H22N2O3S/c1-28(26,27)23-21-15-9-8-14-20(21)22(25)24(16-18-10-4-2-5-11-18)17-19-12-6-3-7-13-19/h2-15,23H,16-17H2,1H3. The van der Waals surface area contributed by atoms with E-state index in [-0.39, 0.29) is 11.6 Å². The van der Waals surface area contributed by atoms with E-state index in [9.17, 15) is 13.2 Å². The number of hydrogen-bond acceptors (Lipinski definition) is 3. The predicted octanol–water partition coefficient (Wildman–Crippen LogP) is 3.90. The van der Waals surface area contributed by atoms with E-state index in [4.69, 9.17) is 0 Å². The molecule has 28 heavy (non-hydrogen) atoms. The topological polar surface area (TPSA) is 66.5 Å². The van der Waals surface area contributed by atoms with Gasteiger partial charge in [0.05, 0.1) is 17.5 Å². The first-order chi connectivity index (χ1) is 13.4. The molecule has 0 heterocycles. The molecule has 6 heteroatoms. The van der Waals surface area contributed by atoms with Gasteiger partial charge < -0.3 is 4.90 Å². The first kappa shape index (κ1) is 19.6. The Morgan fingerprint density at radius 3 is 1.75 bits per heavy atom. The number of para-hydroxylation sites is 1. The smallest absolute Gasteiger partial charge is 0.256 e. The summed E-state index contributed by atoms with van der Waals surface area (Å²) in [5.41, 5.74) is 2.60. The molecule has 3 rings (SSSR count). The fourth-order valence-electron chi connectivity index (χ4n) is 2.94. The Bertz CT molecular complexity index is 994. The molecule has 0 saturated heterocycles. The van der Waals surface area contributed by atoms with Crippen molar-refractivity contribution in [3.8, 4) is 0 Å². The summed E-state index contributed by atoms with van der Waals surface area (Å²) in [7, 11) is -3.50. The monoisotopic (exact) mass is 394 g/mol. The maximum atomic E-state index is 13.4. The number of benzene rings is 3. The lowest BCUT2D eigenvalue weighted by Gasteiger charge is -2.24. The lowest BCUT2D eigenvalue weighted by Crippen LogP contribution is -2.31. The van der Waals surface area contributed by atoms with Crippen LogP contribution in [-0.4, -0.2) is 25.5 Å². The van der Waals surface area contributed by atoms with E-state index in [1.165, 1.54) is 0 Å². The molecule has 0 spiro atoms. The molecule has 0 aromatic heterocycles. The molecular weight excluding hydrogens is 372 g/mol. The van der Waals surface area contributed by atoms with Crippen LogP contribution < -0.4 is 4.72 Å². The molecule has 0 aliphatic carbocycles. The van der Waals surface area contributed by atoms with Crippen LogP contribution in [0.4, 0.5) is 5.69 Å². The van der Waals surface area contributed by atoms with Gasteiger partial charge in [0.2, 0.25) is 10.0 Å². The van der Waals surface area contributed by atoms with Gasteiger partial charge in [-0.2, -0.15) is 0 Å². The van der Waals surface area contributed by atoms with Crippen LogP contribution in [0.5, 0.6) is 0 Å². The maximum absolute atomic E-state index is 13.4. The Balaban J connectivity index is 1.94. The average molecular weight is 394 g/mol. The van der Waals surface area contributed by atoms with Crippen molar-refractivity contribution in [3.63, 3.8) is 0 Å². The van der Waals surface area contributed by atoms with E-state index in [1.807, 2.05) is 60.7 Å². The number of amides is 1. The SMILES string of the molecule is CS(=O)(=O)Nc1ccccc1C(=O)N(Cc1ccccc1)Cc1ccccc1. The minimum atomic E-state index is -3.50. The first-order valence-corrected chi connectivity index (χ1v) is 10.8. The number of carbonyl (C=O) groups is 1. The number of nitrogens with zero attached hydrogens (tertiary/aromatic N) is 1. The number of nitrogens with one attached hydrogen (secondary N) is 1. The summed E-state index contributed by atoms with van der Waals surface area (Å²) in [6, 6.07) is 26.1. The highest BCUT2D eigenvalue weighted by molar-refractivity contribution is 7.92. The highest BCUT2D eigenvalue weighted by Crippen LogP contribution is 2.21. The zero-order valence-electron chi connectivity index (χ0n) is 15.6. The molecule has 0 fully saturated rings. The molecule has 1 amide bonds. The zero-order valence-corrected chi connectivity index (χ0v) is 16.4. The van der Waals surface area contributed by atoms with Crippen LogP contribution >= 0.6 is 0 Å². The molecule has 0 saturated carbocycles. The van der Waals surface area contributed by atoms with Gasteiger partial charge >= 0.3 is 0 Å². The van der Waals surface area contributed by atoms with E-state index in [0.717, 1.165) is 17.4 Å². The van der Waals surface area contributed by atoms with E-state index in [1.54, 1.807) is 29.2 Å². The summed E-state index contributed by atoms with van der Waals surface area (Å²) >= 11 is 0. The lowest BCUT2D eigenvalue weighted by molar-refractivity contribution is 0.0731. The summed E-state index contributed by atoms with van der Waals surface area (Å²) in [6.45, 7) is 0.837. The molecule has 3 aromatic carbocycles. The van der Waals surface area contributed by atoms with Gasteiger partial charge in [-0.15, -0.1) is 0 Å². The third-order valence-electron chi connectivity index (χ3n) is 4.17. The number of hydrogen-bond donors (Lipinski definition) is 1. The molecular formula is C22H22N2O3S. The van der Waals surface area contributed by atoms with Gasteiger partial charge in [-0.25, -0.2) is 8.42 Å². The van der Waals surface area contributed by atoms with Crippen LogP contribution in [-0.2, 0) is 23.1 Å². The summed E-state index contributed by atoms with van der Waals surface area (Å²) in [6.07, 6.45) is 1.07. The predicted molar refractivity (Wildman–Crippen MR) is 111 cm³/mol. The van der Waals surface area contributed by atoms with Crippen molar-refractivity contribution in [1.29, 1.82) is 0 Å². The minimum Gasteiger partial charge on any atom is -0.330 e. The molecule has 0 aliphatic heterocycles. The van der Waals surface area contributed by atoms with Gasteiger partial charge in [0.15, 0.2) is 0 Å². The Labute approximate surface area is 165 Å². The minimum absolute atomic E-state index is 0.237. The molecule has 0 bridgehead atoms. The summed E-state index contributed by atoms with van der Waals surface area (Å²) in [5.74, 6) is -0.237. The quantitative estimate of drug-likeness (QED) is 0.661. The summed E-state index contributed by atoms with van der Waals surface area (Å²) in [5, 5.41) is 0. The molecule has 0 aliphatic rings. The maximum Gasteiger partial charge on any atom is 0.256 e. The van der Waals surface area contributed by atoms with Crippen molar-refractivity contribution in [1.82, 2.24) is 4.90 Å². The van der Waals surface area contributed by atoms with Crippen molar-refractivity contribution in [2.75, 3.05) is 11.0 Å². The third-order valence-corrected chi connectivity index (χ3v) is 4.76. The van der Waals surface area contributed by atoms with Crippen LogP contribution in [0.1, 0.15) is 21.5 Å². The Morgan fingerprint density at radius 1 is 0.786 bits per heavy atom. The van der Waals surface area contributed by atoms with E-state index in [2.05, 4.69) is 4.72 Å². The molecule has 0 unspecified atom stereocenters. The van der Waals surface area contributed by atoms with Crippen molar-refractivity contribution in [2.24, 2.45) is 0 Å². The zero-order chi connectivity index (χ0) is 20.0. The van der Waals surface area contributed by atoms with Gasteiger partial charge in [0.1, 0.15) is 0 Å². The third kappa shape index (κ3) is 5.44.